The number of amides is 2. The number of carbonyl (C=O) groups is 2. The average molecular weight is 482 g/mol. The molecule has 1 N–H and O–H groups in total. The van der Waals surface area contributed by atoms with Crippen LogP contribution in [0, 0.1) is 11.6 Å². The van der Waals surface area contributed by atoms with Gasteiger partial charge < -0.3 is 10.2 Å². The van der Waals surface area contributed by atoms with E-state index in [1.807, 2.05) is 13.0 Å². The van der Waals surface area contributed by atoms with Crippen LogP contribution >= 0.6 is 0 Å². The number of unbranched alkanes of at least 4 members (excludes halogenated alkanes) is 1. The van der Waals surface area contributed by atoms with Gasteiger partial charge in [-0.2, -0.15) is 0 Å². The van der Waals surface area contributed by atoms with E-state index in [2.05, 4.69) is 5.32 Å². The van der Waals surface area contributed by atoms with Crippen LogP contribution in [0.2, 0.25) is 0 Å². The van der Waals surface area contributed by atoms with Gasteiger partial charge >= 0.3 is 0 Å². The Morgan fingerprint density at radius 1 is 1.06 bits per heavy atom. The molecule has 0 aliphatic carbocycles. The van der Waals surface area contributed by atoms with E-state index >= 15 is 0 Å². The molecule has 0 radical (unpaired) electrons. The number of anilines is 1. The fraction of sp³-hybridized carbons (Fsp3) is 0.391. The number of rotatable bonds is 11. The van der Waals surface area contributed by atoms with Crippen molar-refractivity contribution < 1.29 is 26.8 Å². The largest absolute Gasteiger partial charge is 0.354 e. The number of hydrogen-bond acceptors (Lipinski definition) is 4. The van der Waals surface area contributed by atoms with Gasteiger partial charge in [0.2, 0.25) is 21.8 Å². The zero-order valence-electron chi connectivity index (χ0n) is 18.9. The lowest BCUT2D eigenvalue weighted by Crippen LogP contribution is -2.51. The molecule has 0 heterocycles. The summed E-state index contributed by atoms with van der Waals surface area (Å²) in [5.74, 6) is -3.40. The number of halogens is 2. The summed E-state index contributed by atoms with van der Waals surface area (Å²) in [6.07, 6.45) is 2.53. The predicted molar refractivity (Wildman–Crippen MR) is 123 cm³/mol. The lowest BCUT2D eigenvalue weighted by molar-refractivity contribution is -0.139. The minimum absolute atomic E-state index is 0.0669. The summed E-state index contributed by atoms with van der Waals surface area (Å²) in [7, 11) is -4.02. The Kier molecular flexibility index (Phi) is 9.33. The molecule has 0 aromatic heterocycles. The van der Waals surface area contributed by atoms with E-state index in [1.54, 1.807) is 31.2 Å². The van der Waals surface area contributed by atoms with Gasteiger partial charge in [0.1, 0.15) is 12.6 Å². The molecular weight excluding hydrogens is 452 g/mol. The van der Waals surface area contributed by atoms with E-state index in [9.17, 15) is 26.8 Å². The van der Waals surface area contributed by atoms with Crippen molar-refractivity contribution >= 4 is 27.5 Å². The summed E-state index contributed by atoms with van der Waals surface area (Å²) in [6.45, 7) is 3.39. The standard InChI is InChI=1S/C23H29F2N3O4S/c1-4-5-13-26-23(30)17(2)27(15-18-9-7-6-8-10-18)22(29)16-28(33(3,31)32)19-11-12-20(24)21(25)14-19/h6-12,14,17H,4-5,13,15-16H2,1-3H3,(H,26,30)/t17-/m0/s1. The van der Waals surface area contributed by atoms with Crippen LogP contribution in [0.1, 0.15) is 32.3 Å². The number of nitrogens with zero attached hydrogens (tertiary/aromatic N) is 2. The van der Waals surface area contributed by atoms with Gasteiger partial charge in [-0.3, -0.25) is 13.9 Å². The molecule has 2 amide bonds. The maximum atomic E-state index is 13.7. The quantitative estimate of drug-likeness (QED) is 0.500. The Morgan fingerprint density at radius 2 is 1.73 bits per heavy atom. The minimum atomic E-state index is -4.02. The van der Waals surface area contributed by atoms with Crippen molar-refractivity contribution in [1.29, 1.82) is 0 Å². The van der Waals surface area contributed by atoms with Gasteiger partial charge in [-0.05, 0) is 31.0 Å². The van der Waals surface area contributed by atoms with Crippen LogP contribution in [0.5, 0.6) is 0 Å². The van der Waals surface area contributed by atoms with Crippen LogP contribution in [0.3, 0.4) is 0 Å². The first kappa shape index (κ1) is 26.2. The van der Waals surface area contributed by atoms with E-state index in [1.165, 1.54) is 4.90 Å². The number of sulfonamides is 1. The van der Waals surface area contributed by atoms with Crippen molar-refractivity contribution in [3.63, 3.8) is 0 Å². The summed E-state index contributed by atoms with van der Waals surface area (Å²) in [5, 5.41) is 2.78. The summed E-state index contributed by atoms with van der Waals surface area (Å²) < 4.78 is 52.6. The molecule has 33 heavy (non-hydrogen) atoms. The first-order valence-electron chi connectivity index (χ1n) is 10.6. The monoisotopic (exact) mass is 481 g/mol. The molecule has 0 fully saturated rings. The molecule has 1 atom stereocenters. The zero-order valence-corrected chi connectivity index (χ0v) is 19.7. The SMILES string of the molecule is CCCCNC(=O)[C@H](C)N(Cc1ccccc1)C(=O)CN(c1ccc(F)c(F)c1)S(C)(=O)=O. The van der Waals surface area contributed by atoms with Crippen LogP contribution in [0.4, 0.5) is 14.5 Å². The van der Waals surface area contributed by atoms with Gasteiger partial charge in [0, 0.05) is 19.2 Å². The molecule has 0 aliphatic heterocycles. The van der Waals surface area contributed by atoms with E-state index in [0.29, 0.717) is 16.9 Å². The molecule has 0 bridgehead atoms. The van der Waals surface area contributed by atoms with Gasteiger partial charge in [0.25, 0.3) is 0 Å². The van der Waals surface area contributed by atoms with Crippen molar-refractivity contribution in [3.05, 3.63) is 65.7 Å². The van der Waals surface area contributed by atoms with E-state index in [0.717, 1.165) is 36.8 Å². The summed E-state index contributed by atoms with van der Waals surface area (Å²) in [5.41, 5.74) is 0.558. The summed E-state index contributed by atoms with van der Waals surface area (Å²) in [6, 6.07) is 10.6. The first-order chi connectivity index (χ1) is 15.5. The Balaban J connectivity index is 2.34. The fourth-order valence-corrected chi connectivity index (χ4v) is 3.99. The maximum absolute atomic E-state index is 13.7. The summed E-state index contributed by atoms with van der Waals surface area (Å²) >= 11 is 0. The van der Waals surface area contributed by atoms with Crippen LogP contribution in [0.15, 0.2) is 48.5 Å². The molecule has 2 aromatic carbocycles. The molecule has 180 valence electrons. The molecule has 2 rings (SSSR count). The lowest BCUT2D eigenvalue weighted by atomic mass is 10.1. The third-order valence-electron chi connectivity index (χ3n) is 5.06. The number of benzene rings is 2. The molecule has 0 spiro atoms. The molecule has 10 heteroatoms. The van der Waals surface area contributed by atoms with Crippen LogP contribution in [0.25, 0.3) is 0 Å². The highest BCUT2D eigenvalue weighted by molar-refractivity contribution is 7.92. The fourth-order valence-electron chi connectivity index (χ4n) is 3.15. The highest BCUT2D eigenvalue weighted by Crippen LogP contribution is 2.21. The van der Waals surface area contributed by atoms with Crippen molar-refractivity contribution in [2.75, 3.05) is 23.7 Å². The topological polar surface area (TPSA) is 86.8 Å². The molecular formula is C23H29F2N3O4S. The van der Waals surface area contributed by atoms with E-state index in [-0.39, 0.29) is 18.1 Å². The second kappa shape index (κ2) is 11.7. The first-order valence-corrected chi connectivity index (χ1v) is 12.4. The Hall–Kier alpha value is -3.01. The van der Waals surface area contributed by atoms with Crippen LogP contribution < -0.4 is 9.62 Å². The smallest absolute Gasteiger partial charge is 0.244 e. The summed E-state index contributed by atoms with van der Waals surface area (Å²) in [4.78, 5) is 27.2. The predicted octanol–water partition coefficient (Wildman–Crippen LogP) is 3.06. The Labute approximate surface area is 193 Å². The van der Waals surface area contributed by atoms with Crippen molar-refractivity contribution in [3.8, 4) is 0 Å². The van der Waals surface area contributed by atoms with Gasteiger partial charge in [0.05, 0.1) is 11.9 Å². The van der Waals surface area contributed by atoms with E-state index < -0.39 is 40.2 Å². The molecule has 0 saturated heterocycles. The Bertz CT molecular complexity index is 1060. The Morgan fingerprint density at radius 3 is 2.30 bits per heavy atom. The van der Waals surface area contributed by atoms with Crippen molar-refractivity contribution in [2.45, 2.75) is 39.3 Å². The maximum Gasteiger partial charge on any atom is 0.244 e. The molecule has 0 saturated carbocycles. The van der Waals surface area contributed by atoms with Crippen molar-refractivity contribution in [1.82, 2.24) is 10.2 Å². The number of carbonyl (C=O) groups excluding carboxylic acids is 2. The average Bonchev–Trinajstić information content (AvgIpc) is 2.77. The zero-order chi connectivity index (χ0) is 24.6. The second-order valence-electron chi connectivity index (χ2n) is 7.70. The third-order valence-corrected chi connectivity index (χ3v) is 6.20. The second-order valence-corrected chi connectivity index (χ2v) is 9.60. The number of hydrogen-bond donors (Lipinski definition) is 1. The van der Waals surface area contributed by atoms with E-state index in [4.69, 9.17) is 0 Å². The van der Waals surface area contributed by atoms with Crippen molar-refractivity contribution in [2.24, 2.45) is 0 Å². The van der Waals surface area contributed by atoms with Gasteiger partial charge in [-0.15, -0.1) is 0 Å². The van der Waals surface area contributed by atoms with Gasteiger partial charge in [-0.1, -0.05) is 43.7 Å². The molecule has 7 nitrogen and oxygen atoms in total. The lowest BCUT2D eigenvalue weighted by Gasteiger charge is -2.31. The highest BCUT2D eigenvalue weighted by Gasteiger charge is 2.30. The van der Waals surface area contributed by atoms with Gasteiger partial charge in [-0.25, -0.2) is 17.2 Å². The highest BCUT2D eigenvalue weighted by atomic mass is 32.2. The van der Waals surface area contributed by atoms with Crippen LogP contribution in [-0.2, 0) is 26.2 Å². The minimum Gasteiger partial charge on any atom is -0.354 e. The van der Waals surface area contributed by atoms with Crippen LogP contribution in [-0.4, -0.2) is 50.5 Å². The molecule has 0 aliphatic rings. The molecule has 0 unspecified atom stereocenters. The number of nitrogens with one attached hydrogen (secondary N) is 1. The van der Waals surface area contributed by atoms with Gasteiger partial charge in [0.15, 0.2) is 11.6 Å². The normalized spacial score (nSPS) is 12.2. The third kappa shape index (κ3) is 7.52. The molecule has 2 aromatic rings.